The zero-order chi connectivity index (χ0) is 14.8. The molecule has 20 heavy (non-hydrogen) atoms. The van der Waals surface area contributed by atoms with Crippen LogP contribution in [0.3, 0.4) is 0 Å². The Bertz CT molecular complexity index is 490. The predicted molar refractivity (Wildman–Crippen MR) is 76.5 cm³/mol. The van der Waals surface area contributed by atoms with Crippen molar-refractivity contribution in [3.8, 4) is 0 Å². The summed E-state index contributed by atoms with van der Waals surface area (Å²) >= 11 is 0. The van der Waals surface area contributed by atoms with Gasteiger partial charge in [-0.05, 0) is 32.8 Å². The molecular weight excluding hydrogens is 254 g/mol. The van der Waals surface area contributed by atoms with Crippen LogP contribution in [0.2, 0.25) is 0 Å². The van der Waals surface area contributed by atoms with Gasteiger partial charge in [0.2, 0.25) is 0 Å². The lowest BCUT2D eigenvalue weighted by atomic mass is 10.0. The molecule has 1 saturated heterocycles. The summed E-state index contributed by atoms with van der Waals surface area (Å²) in [6.45, 7) is 5.64. The number of amides is 1. The van der Waals surface area contributed by atoms with Crippen LogP contribution in [0.25, 0.3) is 0 Å². The maximum atomic E-state index is 12.2. The van der Waals surface area contributed by atoms with Crippen LogP contribution in [0.1, 0.15) is 32.8 Å². The third-order valence-corrected chi connectivity index (χ3v) is 3.19. The van der Waals surface area contributed by atoms with Gasteiger partial charge in [-0.25, -0.2) is 4.79 Å². The van der Waals surface area contributed by atoms with E-state index in [-0.39, 0.29) is 18.4 Å². The van der Waals surface area contributed by atoms with Crippen LogP contribution < -0.4 is 0 Å². The molecule has 1 aromatic rings. The van der Waals surface area contributed by atoms with E-state index in [2.05, 4.69) is 0 Å². The fraction of sp³-hybridized carbons (Fsp3) is 0.500. The Morgan fingerprint density at radius 2 is 1.95 bits per heavy atom. The van der Waals surface area contributed by atoms with Crippen molar-refractivity contribution in [1.82, 2.24) is 4.90 Å². The summed E-state index contributed by atoms with van der Waals surface area (Å²) in [5, 5.41) is 0. The summed E-state index contributed by atoms with van der Waals surface area (Å²) in [4.78, 5) is 25.4. The highest BCUT2D eigenvalue weighted by molar-refractivity contribution is 5.88. The molecule has 2 rings (SSSR count). The third-order valence-electron chi connectivity index (χ3n) is 3.19. The second-order valence-electron chi connectivity index (χ2n) is 6.19. The highest BCUT2D eigenvalue weighted by Gasteiger charge is 2.36. The number of ketones is 1. The van der Waals surface area contributed by atoms with Crippen molar-refractivity contribution in [2.45, 2.75) is 45.3 Å². The van der Waals surface area contributed by atoms with Gasteiger partial charge in [0.05, 0.1) is 6.54 Å². The molecule has 0 unspecified atom stereocenters. The van der Waals surface area contributed by atoms with Gasteiger partial charge in [-0.2, -0.15) is 0 Å². The van der Waals surface area contributed by atoms with Gasteiger partial charge < -0.3 is 4.74 Å². The fourth-order valence-electron chi connectivity index (χ4n) is 2.36. The molecule has 1 aromatic carbocycles. The maximum Gasteiger partial charge on any atom is 0.410 e. The molecule has 1 aliphatic heterocycles. The highest BCUT2D eigenvalue weighted by atomic mass is 16.6. The minimum atomic E-state index is -0.542. The van der Waals surface area contributed by atoms with E-state index in [9.17, 15) is 9.59 Å². The predicted octanol–water partition coefficient (Wildman–Crippen LogP) is 2.81. The van der Waals surface area contributed by atoms with Gasteiger partial charge >= 0.3 is 6.09 Å². The van der Waals surface area contributed by atoms with Crippen molar-refractivity contribution < 1.29 is 14.3 Å². The molecule has 1 atom stereocenters. The molecular formula is C16H21NO3. The van der Waals surface area contributed by atoms with Crippen LogP contribution in [-0.2, 0) is 16.0 Å². The third kappa shape index (κ3) is 3.83. The van der Waals surface area contributed by atoms with Gasteiger partial charge in [0, 0.05) is 12.5 Å². The smallest absolute Gasteiger partial charge is 0.410 e. The lowest BCUT2D eigenvalue weighted by molar-refractivity contribution is -0.117. The number of Topliss-reactive ketones (excluding diaryl/α,β-unsaturated/α-hetero) is 1. The lowest BCUT2D eigenvalue weighted by Crippen LogP contribution is -2.40. The molecule has 4 nitrogen and oxygen atoms in total. The van der Waals surface area contributed by atoms with Crippen LogP contribution in [0, 0.1) is 0 Å². The van der Waals surface area contributed by atoms with E-state index < -0.39 is 11.7 Å². The molecule has 0 N–H and O–H groups in total. The number of hydrogen-bond donors (Lipinski definition) is 0. The van der Waals surface area contributed by atoms with E-state index in [0.717, 1.165) is 5.56 Å². The van der Waals surface area contributed by atoms with Crippen molar-refractivity contribution >= 4 is 11.9 Å². The van der Waals surface area contributed by atoms with Crippen molar-refractivity contribution in [2.75, 3.05) is 6.54 Å². The number of nitrogens with zero attached hydrogens (tertiary/aromatic N) is 1. The molecule has 0 radical (unpaired) electrons. The first-order chi connectivity index (χ1) is 9.35. The molecule has 4 heteroatoms. The average molecular weight is 275 g/mol. The molecule has 1 heterocycles. The molecule has 0 saturated carbocycles. The zero-order valence-electron chi connectivity index (χ0n) is 12.3. The fourth-order valence-corrected chi connectivity index (χ4v) is 2.36. The van der Waals surface area contributed by atoms with Gasteiger partial charge in [0.25, 0.3) is 0 Å². The van der Waals surface area contributed by atoms with Crippen LogP contribution in [0.4, 0.5) is 4.79 Å². The Morgan fingerprint density at radius 3 is 2.55 bits per heavy atom. The molecule has 0 aromatic heterocycles. The second-order valence-corrected chi connectivity index (χ2v) is 6.19. The number of carbonyl (C=O) groups excluding carboxylic acids is 2. The average Bonchev–Trinajstić information content (AvgIpc) is 2.69. The van der Waals surface area contributed by atoms with Crippen molar-refractivity contribution in [3.63, 3.8) is 0 Å². The molecule has 0 bridgehead atoms. The minimum Gasteiger partial charge on any atom is -0.444 e. The van der Waals surface area contributed by atoms with Gasteiger partial charge in [0.1, 0.15) is 5.60 Å². The molecule has 1 aliphatic rings. The number of ether oxygens (including phenoxy) is 1. The van der Waals surface area contributed by atoms with E-state index >= 15 is 0 Å². The Kier molecular flexibility index (Phi) is 4.12. The van der Waals surface area contributed by atoms with E-state index in [1.165, 1.54) is 0 Å². The normalized spacial score (nSPS) is 19.2. The molecule has 0 aliphatic carbocycles. The molecule has 0 spiro atoms. The number of likely N-dealkylation sites (tertiary alicyclic amines) is 1. The summed E-state index contributed by atoms with van der Waals surface area (Å²) in [6.07, 6.45) is 0.698. The van der Waals surface area contributed by atoms with Crippen LogP contribution in [0.5, 0.6) is 0 Å². The summed E-state index contributed by atoms with van der Waals surface area (Å²) in [5.41, 5.74) is 0.584. The standard InChI is InChI=1S/C16H21NO3/c1-16(2,3)20-15(19)17-11-14(18)10-13(17)9-12-7-5-4-6-8-12/h4-8,13H,9-11H2,1-3H3/t13-/m0/s1. The SMILES string of the molecule is CC(C)(C)OC(=O)N1CC(=O)C[C@@H]1Cc1ccccc1. The van der Waals surface area contributed by atoms with Gasteiger partial charge in [0.15, 0.2) is 5.78 Å². The first-order valence-electron chi connectivity index (χ1n) is 6.90. The lowest BCUT2D eigenvalue weighted by Gasteiger charge is -2.28. The number of benzene rings is 1. The topological polar surface area (TPSA) is 46.6 Å². The van der Waals surface area contributed by atoms with Gasteiger partial charge in [-0.15, -0.1) is 0 Å². The van der Waals surface area contributed by atoms with E-state index in [1.807, 2.05) is 51.1 Å². The Balaban J connectivity index is 2.07. The maximum absolute atomic E-state index is 12.2. The Labute approximate surface area is 119 Å². The van der Waals surface area contributed by atoms with Crippen LogP contribution in [-0.4, -0.2) is 35.0 Å². The van der Waals surface area contributed by atoms with Crippen molar-refractivity contribution in [1.29, 1.82) is 0 Å². The van der Waals surface area contributed by atoms with E-state index in [4.69, 9.17) is 4.74 Å². The summed E-state index contributed by atoms with van der Waals surface area (Å²) in [7, 11) is 0. The van der Waals surface area contributed by atoms with E-state index in [0.29, 0.717) is 12.8 Å². The number of hydrogen-bond acceptors (Lipinski definition) is 3. The minimum absolute atomic E-state index is 0.0943. The quantitative estimate of drug-likeness (QED) is 0.833. The largest absolute Gasteiger partial charge is 0.444 e. The first kappa shape index (κ1) is 14.6. The zero-order valence-corrected chi connectivity index (χ0v) is 12.3. The summed E-state index contributed by atoms with van der Waals surface area (Å²) < 4.78 is 5.37. The molecule has 1 amide bonds. The van der Waals surface area contributed by atoms with Crippen LogP contribution in [0.15, 0.2) is 30.3 Å². The number of rotatable bonds is 2. The first-order valence-corrected chi connectivity index (χ1v) is 6.90. The highest BCUT2D eigenvalue weighted by Crippen LogP contribution is 2.22. The number of carbonyl (C=O) groups is 2. The summed E-state index contributed by atoms with van der Waals surface area (Å²) in [5.74, 6) is 0.0943. The Hall–Kier alpha value is -1.84. The van der Waals surface area contributed by atoms with E-state index in [1.54, 1.807) is 4.90 Å². The monoisotopic (exact) mass is 275 g/mol. The van der Waals surface area contributed by atoms with Crippen molar-refractivity contribution in [2.24, 2.45) is 0 Å². The van der Waals surface area contributed by atoms with Crippen LogP contribution >= 0.6 is 0 Å². The van der Waals surface area contributed by atoms with Gasteiger partial charge in [-0.1, -0.05) is 30.3 Å². The van der Waals surface area contributed by atoms with Crippen molar-refractivity contribution in [3.05, 3.63) is 35.9 Å². The molecule has 108 valence electrons. The Morgan fingerprint density at radius 1 is 1.30 bits per heavy atom. The summed E-state index contributed by atoms with van der Waals surface area (Å²) in [6, 6.07) is 9.80. The van der Waals surface area contributed by atoms with Gasteiger partial charge in [-0.3, -0.25) is 9.69 Å². The second kappa shape index (κ2) is 5.65. The molecule has 1 fully saturated rings.